The Hall–Kier alpha value is -1.84. The van der Waals surface area contributed by atoms with Crippen LogP contribution >= 0.6 is 0 Å². The Morgan fingerprint density at radius 2 is 1.93 bits per heavy atom. The van der Waals surface area contributed by atoms with Crippen LogP contribution in [0.25, 0.3) is 0 Å². The molecule has 1 fully saturated rings. The zero-order valence-electron chi connectivity index (χ0n) is 16.2. The van der Waals surface area contributed by atoms with E-state index in [-0.39, 0.29) is 17.3 Å². The van der Waals surface area contributed by atoms with Gasteiger partial charge in [0.25, 0.3) is 0 Å². The summed E-state index contributed by atoms with van der Waals surface area (Å²) >= 11 is 0. The predicted molar refractivity (Wildman–Crippen MR) is 103 cm³/mol. The van der Waals surface area contributed by atoms with Gasteiger partial charge in [-0.2, -0.15) is 0 Å². The third-order valence-corrected chi connectivity index (χ3v) is 5.77. The largest absolute Gasteiger partial charge is 0.490 e. The molecular formula is C18H29N3O5S. The fraction of sp³-hybridized carbons (Fsp3) is 0.611. The lowest BCUT2D eigenvalue weighted by Crippen LogP contribution is -2.39. The third kappa shape index (κ3) is 5.82. The Balaban J connectivity index is 2.01. The second-order valence-corrected chi connectivity index (χ2v) is 8.12. The maximum atomic E-state index is 12.6. The molecule has 2 rings (SSSR count). The van der Waals surface area contributed by atoms with Crippen molar-refractivity contribution in [1.29, 1.82) is 0 Å². The highest BCUT2D eigenvalue weighted by Crippen LogP contribution is 2.30. The number of benzene rings is 1. The van der Waals surface area contributed by atoms with Crippen LogP contribution in [0.4, 0.5) is 0 Å². The number of carbonyl (C=O) groups excluding carboxylic acids is 1. The number of likely N-dealkylation sites (tertiary alicyclic amines) is 1. The summed E-state index contributed by atoms with van der Waals surface area (Å²) in [5, 5.41) is 3.10. The van der Waals surface area contributed by atoms with Crippen molar-refractivity contribution >= 4 is 15.9 Å². The molecule has 0 radical (unpaired) electrons. The van der Waals surface area contributed by atoms with E-state index >= 15 is 0 Å². The average molecular weight is 400 g/mol. The first-order chi connectivity index (χ1) is 12.9. The number of carbonyl (C=O) groups is 1. The van der Waals surface area contributed by atoms with E-state index in [2.05, 4.69) is 10.0 Å². The molecule has 1 atom stereocenters. The van der Waals surface area contributed by atoms with Crippen molar-refractivity contribution < 1.29 is 22.7 Å². The number of sulfonamides is 1. The Morgan fingerprint density at radius 3 is 2.59 bits per heavy atom. The van der Waals surface area contributed by atoms with Crippen LogP contribution in [0.1, 0.15) is 20.3 Å². The van der Waals surface area contributed by atoms with Gasteiger partial charge in [0.2, 0.25) is 15.9 Å². The zero-order chi connectivity index (χ0) is 19.9. The van der Waals surface area contributed by atoms with Crippen LogP contribution in [0, 0.1) is 5.92 Å². The van der Waals surface area contributed by atoms with Crippen molar-refractivity contribution in [2.45, 2.75) is 25.2 Å². The summed E-state index contributed by atoms with van der Waals surface area (Å²) < 4.78 is 38.4. The molecule has 0 aliphatic carbocycles. The van der Waals surface area contributed by atoms with E-state index < -0.39 is 10.0 Å². The summed E-state index contributed by atoms with van der Waals surface area (Å²) in [6, 6.07) is 4.42. The van der Waals surface area contributed by atoms with Crippen LogP contribution in [0.2, 0.25) is 0 Å². The van der Waals surface area contributed by atoms with Crippen LogP contribution in [-0.2, 0) is 14.8 Å². The highest BCUT2D eigenvalue weighted by molar-refractivity contribution is 7.89. The lowest BCUT2D eigenvalue weighted by Gasteiger charge is -2.17. The standard InChI is InChI=1S/C18H29N3O5S/c1-4-25-16-7-6-15(10-17(16)26-5-2)27(23,24)20-12-18(22)21-9-8-14(13-21)11-19-3/h6-7,10,14,19-20H,4-5,8-9,11-13H2,1-3H3. The van der Waals surface area contributed by atoms with Gasteiger partial charge in [-0.3, -0.25) is 4.79 Å². The minimum Gasteiger partial charge on any atom is -0.490 e. The highest BCUT2D eigenvalue weighted by atomic mass is 32.2. The van der Waals surface area contributed by atoms with Crippen molar-refractivity contribution in [1.82, 2.24) is 14.9 Å². The molecule has 1 amide bonds. The Bertz CT molecular complexity index is 739. The third-order valence-electron chi connectivity index (χ3n) is 4.37. The molecule has 1 unspecified atom stereocenters. The summed E-state index contributed by atoms with van der Waals surface area (Å²) in [6.07, 6.45) is 0.927. The lowest BCUT2D eigenvalue weighted by atomic mass is 10.1. The van der Waals surface area contributed by atoms with E-state index in [1.54, 1.807) is 11.0 Å². The second-order valence-electron chi connectivity index (χ2n) is 6.35. The van der Waals surface area contributed by atoms with Crippen LogP contribution in [-0.4, -0.2) is 65.7 Å². The molecule has 0 aromatic heterocycles. The Kier molecular flexibility index (Phi) is 7.88. The van der Waals surface area contributed by atoms with Crippen molar-refractivity contribution in [3.05, 3.63) is 18.2 Å². The molecule has 152 valence electrons. The van der Waals surface area contributed by atoms with Crippen LogP contribution in [0.15, 0.2) is 23.1 Å². The highest BCUT2D eigenvalue weighted by Gasteiger charge is 2.27. The maximum Gasteiger partial charge on any atom is 0.241 e. The maximum absolute atomic E-state index is 12.6. The van der Waals surface area contributed by atoms with Gasteiger partial charge >= 0.3 is 0 Å². The van der Waals surface area contributed by atoms with Crippen molar-refractivity contribution in [3.63, 3.8) is 0 Å². The molecule has 0 spiro atoms. The van der Waals surface area contributed by atoms with Gasteiger partial charge < -0.3 is 19.7 Å². The van der Waals surface area contributed by atoms with Crippen molar-refractivity contribution in [2.75, 3.05) is 46.4 Å². The molecule has 1 aliphatic rings. The second kappa shape index (κ2) is 9.91. The van der Waals surface area contributed by atoms with E-state index in [1.165, 1.54) is 12.1 Å². The van der Waals surface area contributed by atoms with Crippen LogP contribution in [0.3, 0.4) is 0 Å². The van der Waals surface area contributed by atoms with Gasteiger partial charge in [-0.15, -0.1) is 0 Å². The van der Waals surface area contributed by atoms with E-state index in [4.69, 9.17) is 9.47 Å². The normalized spacial score (nSPS) is 17.1. The smallest absolute Gasteiger partial charge is 0.241 e. The number of hydrogen-bond acceptors (Lipinski definition) is 6. The molecule has 9 heteroatoms. The summed E-state index contributed by atoms with van der Waals surface area (Å²) in [6.45, 7) is 6.39. The number of ether oxygens (including phenoxy) is 2. The lowest BCUT2D eigenvalue weighted by molar-refractivity contribution is -0.129. The monoisotopic (exact) mass is 399 g/mol. The zero-order valence-corrected chi connectivity index (χ0v) is 17.0. The number of rotatable bonds is 10. The van der Waals surface area contributed by atoms with Crippen molar-refractivity contribution in [2.24, 2.45) is 5.92 Å². The molecule has 8 nitrogen and oxygen atoms in total. The average Bonchev–Trinajstić information content (AvgIpc) is 3.10. The summed E-state index contributed by atoms with van der Waals surface area (Å²) in [5.74, 6) is 1.05. The topological polar surface area (TPSA) is 97.0 Å². The van der Waals surface area contributed by atoms with Gasteiger partial charge in [-0.1, -0.05) is 0 Å². The fourth-order valence-corrected chi connectivity index (χ4v) is 4.05. The molecule has 1 heterocycles. The fourth-order valence-electron chi connectivity index (χ4n) is 3.06. The minimum atomic E-state index is -3.83. The predicted octanol–water partition coefficient (Wildman–Crippen LogP) is 0.830. The van der Waals surface area contributed by atoms with E-state index in [0.717, 1.165) is 13.0 Å². The summed E-state index contributed by atoms with van der Waals surface area (Å²) in [4.78, 5) is 14.1. The molecule has 27 heavy (non-hydrogen) atoms. The van der Waals surface area contributed by atoms with Crippen LogP contribution < -0.4 is 19.5 Å². The number of nitrogens with one attached hydrogen (secondary N) is 2. The number of hydrogen-bond donors (Lipinski definition) is 2. The van der Waals surface area contributed by atoms with Crippen LogP contribution in [0.5, 0.6) is 11.5 Å². The molecule has 2 N–H and O–H groups in total. The van der Waals surface area contributed by atoms with Gasteiger partial charge in [0.05, 0.1) is 24.7 Å². The molecule has 1 saturated heterocycles. The molecule has 1 aromatic rings. The first-order valence-corrected chi connectivity index (χ1v) is 10.7. The SMILES string of the molecule is CCOc1ccc(S(=O)(=O)NCC(=O)N2CCC(CNC)C2)cc1OCC. The van der Waals surface area contributed by atoms with Gasteiger partial charge in [0.1, 0.15) is 0 Å². The van der Waals surface area contributed by atoms with E-state index in [1.807, 2.05) is 20.9 Å². The quantitative estimate of drug-likeness (QED) is 0.605. The molecular weight excluding hydrogens is 370 g/mol. The number of amides is 1. The molecule has 1 aromatic carbocycles. The summed E-state index contributed by atoms with van der Waals surface area (Å²) in [7, 11) is -1.95. The van der Waals surface area contributed by atoms with E-state index in [0.29, 0.717) is 43.7 Å². The molecule has 0 bridgehead atoms. The van der Waals surface area contributed by atoms with Gasteiger partial charge in [-0.25, -0.2) is 13.1 Å². The van der Waals surface area contributed by atoms with Gasteiger partial charge in [0.15, 0.2) is 11.5 Å². The van der Waals surface area contributed by atoms with E-state index in [9.17, 15) is 13.2 Å². The first kappa shape index (κ1) is 21.5. The minimum absolute atomic E-state index is 0.0386. The first-order valence-electron chi connectivity index (χ1n) is 9.23. The molecule has 1 aliphatic heterocycles. The molecule has 0 saturated carbocycles. The van der Waals surface area contributed by atoms with Gasteiger partial charge in [0, 0.05) is 19.2 Å². The Morgan fingerprint density at radius 1 is 1.22 bits per heavy atom. The van der Waals surface area contributed by atoms with Crippen molar-refractivity contribution in [3.8, 4) is 11.5 Å². The number of nitrogens with zero attached hydrogens (tertiary/aromatic N) is 1. The summed E-state index contributed by atoms with van der Waals surface area (Å²) in [5.41, 5.74) is 0. The van der Waals surface area contributed by atoms with Gasteiger partial charge in [-0.05, 0) is 51.9 Å². The Labute approximate surface area is 161 Å².